The Morgan fingerprint density at radius 2 is 2.08 bits per heavy atom. The summed E-state index contributed by atoms with van der Waals surface area (Å²) in [6.07, 6.45) is 5.61. The van der Waals surface area contributed by atoms with Crippen molar-refractivity contribution in [2.75, 3.05) is 31.2 Å². The van der Waals surface area contributed by atoms with Gasteiger partial charge in [-0.2, -0.15) is 0 Å². The number of fused-ring (bicyclic) bond motifs is 1. The van der Waals surface area contributed by atoms with E-state index >= 15 is 0 Å². The van der Waals surface area contributed by atoms with Crippen LogP contribution in [0.4, 0.5) is 5.95 Å². The third-order valence-corrected chi connectivity index (χ3v) is 4.59. The summed E-state index contributed by atoms with van der Waals surface area (Å²) in [5, 5.41) is 6.85. The van der Waals surface area contributed by atoms with E-state index < -0.39 is 0 Å². The van der Waals surface area contributed by atoms with Crippen LogP contribution in [-0.2, 0) is 24.1 Å². The molecular formula is C17H21N5O3. The van der Waals surface area contributed by atoms with Gasteiger partial charge in [0.15, 0.2) is 5.69 Å². The van der Waals surface area contributed by atoms with Gasteiger partial charge >= 0.3 is 0 Å². The molecule has 0 unspecified atom stereocenters. The van der Waals surface area contributed by atoms with E-state index in [0.717, 1.165) is 55.8 Å². The van der Waals surface area contributed by atoms with Crippen molar-refractivity contribution in [3.63, 3.8) is 0 Å². The molecule has 1 amide bonds. The van der Waals surface area contributed by atoms with Crippen LogP contribution in [0.2, 0.25) is 0 Å². The van der Waals surface area contributed by atoms with Gasteiger partial charge in [0.2, 0.25) is 5.95 Å². The number of carbonyl (C=O) groups excluding carboxylic acids is 1. The lowest BCUT2D eigenvalue weighted by Crippen LogP contribution is -2.37. The lowest BCUT2D eigenvalue weighted by atomic mass is 9.96. The van der Waals surface area contributed by atoms with Crippen molar-refractivity contribution in [1.82, 2.24) is 20.4 Å². The molecule has 1 saturated heterocycles. The lowest BCUT2D eigenvalue weighted by Gasteiger charge is -2.26. The minimum Gasteiger partial charge on any atom is -0.378 e. The molecule has 1 N–H and O–H groups in total. The Balaban J connectivity index is 1.41. The molecule has 3 heterocycles. The topological polar surface area (TPSA) is 93.4 Å². The van der Waals surface area contributed by atoms with E-state index in [0.29, 0.717) is 31.4 Å². The average Bonchev–Trinajstić information content (AvgIpc) is 3.11. The van der Waals surface area contributed by atoms with Gasteiger partial charge in [-0.25, -0.2) is 9.97 Å². The maximum Gasteiger partial charge on any atom is 0.274 e. The molecule has 1 aliphatic heterocycles. The molecule has 0 saturated carbocycles. The van der Waals surface area contributed by atoms with Crippen LogP contribution in [0, 0.1) is 0 Å². The number of nitrogens with zero attached hydrogens (tertiary/aromatic N) is 4. The predicted octanol–water partition coefficient (Wildman–Crippen LogP) is 1.11. The lowest BCUT2D eigenvalue weighted by molar-refractivity contribution is 0.0940. The number of hydrogen-bond donors (Lipinski definition) is 1. The fraction of sp³-hybridized carbons (Fsp3) is 0.529. The number of morpholine rings is 1. The quantitative estimate of drug-likeness (QED) is 0.889. The van der Waals surface area contributed by atoms with Crippen LogP contribution in [-0.4, -0.2) is 47.3 Å². The summed E-state index contributed by atoms with van der Waals surface area (Å²) in [6, 6.07) is 1.81. The maximum absolute atomic E-state index is 12.4. The van der Waals surface area contributed by atoms with Crippen LogP contribution in [0.15, 0.2) is 16.8 Å². The number of rotatable bonds is 4. The molecule has 25 heavy (non-hydrogen) atoms. The Bertz CT molecular complexity index is 754. The molecule has 8 nitrogen and oxygen atoms in total. The molecule has 2 aromatic rings. The van der Waals surface area contributed by atoms with Crippen molar-refractivity contribution in [3.05, 3.63) is 35.0 Å². The van der Waals surface area contributed by atoms with Crippen molar-refractivity contribution in [2.24, 2.45) is 0 Å². The molecule has 8 heteroatoms. The number of anilines is 1. The van der Waals surface area contributed by atoms with E-state index in [1.165, 1.54) is 0 Å². The van der Waals surface area contributed by atoms with E-state index in [-0.39, 0.29) is 5.91 Å². The number of aryl methyl sites for hydroxylation is 1. The Morgan fingerprint density at radius 3 is 2.96 bits per heavy atom. The molecular weight excluding hydrogens is 322 g/mol. The molecule has 2 aliphatic rings. The van der Waals surface area contributed by atoms with Gasteiger partial charge in [-0.15, -0.1) is 0 Å². The first kappa shape index (κ1) is 16.0. The fourth-order valence-electron chi connectivity index (χ4n) is 3.22. The number of ether oxygens (including phenoxy) is 1. The van der Waals surface area contributed by atoms with Crippen molar-refractivity contribution in [3.8, 4) is 0 Å². The van der Waals surface area contributed by atoms with Gasteiger partial charge in [0.25, 0.3) is 5.91 Å². The van der Waals surface area contributed by atoms with Crippen LogP contribution >= 0.6 is 0 Å². The first-order valence-electron chi connectivity index (χ1n) is 8.71. The second-order valence-electron chi connectivity index (χ2n) is 6.27. The van der Waals surface area contributed by atoms with Crippen LogP contribution in [0.25, 0.3) is 0 Å². The maximum atomic E-state index is 12.4. The SMILES string of the molecule is O=C(NCc1ccnc(N2CCOCC2)n1)c1noc2c1CCCC2. The minimum atomic E-state index is -0.210. The molecule has 0 spiro atoms. The molecule has 0 bridgehead atoms. The monoisotopic (exact) mass is 343 g/mol. The van der Waals surface area contributed by atoms with Crippen LogP contribution < -0.4 is 10.2 Å². The van der Waals surface area contributed by atoms with Gasteiger partial charge in [0.1, 0.15) is 5.76 Å². The van der Waals surface area contributed by atoms with Crippen molar-refractivity contribution in [1.29, 1.82) is 0 Å². The van der Waals surface area contributed by atoms with E-state index in [9.17, 15) is 4.79 Å². The van der Waals surface area contributed by atoms with E-state index in [1.807, 2.05) is 6.07 Å². The zero-order chi connectivity index (χ0) is 17.1. The van der Waals surface area contributed by atoms with Crippen molar-refractivity contribution < 1.29 is 14.1 Å². The van der Waals surface area contributed by atoms with Crippen molar-refractivity contribution >= 4 is 11.9 Å². The number of hydrogen-bond acceptors (Lipinski definition) is 7. The summed E-state index contributed by atoms with van der Waals surface area (Å²) in [5.41, 5.74) is 2.14. The summed E-state index contributed by atoms with van der Waals surface area (Å²) in [7, 11) is 0. The highest BCUT2D eigenvalue weighted by atomic mass is 16.5. The number of amides is 1. The molecule has 1 fully saturated rings. The zero-order valence-electron chi connectivity index (χ0n) is 14.0. The molecule has 0 atom stereocenters. The number of aromatic nitrogens is 3. The Morgan fingerprint density at radius 1 is 1.24 bits per heavy atom. The van der Waals surface area contributed by atoms with Gasteiger partial charge in [-0.3, -0.25) is 4.79 Å². The van der Waals surface area contributed by atoms with Gasteiger partial charge in [-0.1, -0.05) is 5.16 Å². The fourth-order valence-corrected chi connectivity index (χ4v) is 3.22. The summed E-state index contributed by atoms with van der Waals surface area (Å²) in [4.78, 5) is 23.4. The van der Waals surface area contributed by atoms with Crippen LogP contribution in [0.3, 0.4) is 0 Å². The number of carbonyl (C=O) groups is 1. The first-order chi connectivity index (χ1) is 12.3. The second-order valence-corrected chi connectivity index (χ2v) is 6.27. The summed E-state index contributed by atoms with van der Waals surface area (Å²) in [5.74, 6) is 1.32. The molecule has 2 aromatic heterocycles. The predicted molar refractivity (Wildman–Crippen MR) is 89.4 cm³/mol. The van der Waals surface area contributed by atoms with E-state index in [1.54, 1.807) is 6.20 Å². The highest BCUT2D eigenvalue weighted by Gasteiger charge is 2.24. The second kappa shape index (κ2) is 7.18. The summed E-state index contributed by atoms with van der Waals surface area (Å²) < 4.78 is 10.7. The highest BCUT2D eigenvalue weighted by molar-refractivity contribution is 5.93. The van der Waals surface area contributed by atoms with Crippen LogP contribution in [0.1, 0.15) is 40.3 Å². The Hall–Kier alpha value is -2.48. The van der Waals surface area contributed by atoms with Gasteiger partial charge in [-0.05, 0) is 25.3 Å². The standard InChI is InChI=1S/C17H21N5O3/c23-16(15-13-3-1-2-4-14(13)25-21-15)19-11-12-5-6-18-17(20-12)22-7-9-24-10-8-22/h5-6H,1-4,7-11H2,(H,19,23). The minimum absolute atomic E-state index is 0.210. The van der Waals surface area contributed by atoms with Crippen LogP contribution in [0.5, 0.6) is 0 Å². The third kappa shape index (κ3) is 3.48. The zero-order valence-corrected chi connectivity index (χ0v) is 14.0. The summed E-state index contributed by atoms with van der Waals surface area (Å²) in [6.45, 7) is 3.26. The molecule has 0 aromatic carbocycles. The van der Waals surface area contributed by atoms with Crippen molar-refractivity contribution in [2.45, 2.75) is 32.2 Å². The average molecular weight is 343 g/mol. The smallest absolute Gasteiger partial charge is 0.274 e. The van der Waals surface area contributed by atoms with E-state index in [4.69, 9.17) is 9.26 Å². The van der Waals surface area contributed by atoms with E-state index in [2.05, 4.69) is 25.3 Å². The van der Waals surface area contributed by atoms with Gasteiger partial charge in [0, 0.05) is 31.3 Å². The third-order valence-electron chi connectivity index (χ3n) is 4.59. The van der Waals surface area contributed by atoms with Gasteiger partial charge < -0.3 is 19.5 Å². The highest BCUT2D eigenvalue weighted by Crippen LogP contribution is 2.24. The molecule has 1 aliphatic carbocycles. The molecule has 132 valence electrons. The first-order valence-corrected chi connectivity index (χ1v) is 8.71. The largest absolute Gasteiger partial charge is 0.378 e. The Labute approximate surface area is 145 Å². The van der Waals surface area contributed by atoms with Gasteiger partial charge in [0.05, 0.1) is 25.5 Å². The Kier molecular flexibility index (Phi) is 4.60. The molecule has 0 radical (unpaired) electrons. The number of nitrogens with one attached hydrogen (secondary N) is 1. The normalized spacial score (nSPS) is 17.2. The molecule has 4 rings (SSSR count). The summed E-state index contributed by atoms with van der Waals surface area (Å²) >= 11 is 0.